The van der Waals surface area contributed by atoms with Crippen LogP contribution in [0.5, 0.6) is 0 Å². The summed E-state index contributed by atoms with van der Waals surface area (Å²) >= 11 is 11.9. The van der Waals surface area contributed by atoms with E-state index in [2.05, 4.69) is 29.0 Å². The van der Waals surface area contributed by atoms with Gasteiger partial charge in [-0.05, 0) is 19.9 Å². The van der Waals surface area contributed by atoms with Crippen molar-refractivity contribution in [2.45, 2.75) is 32.5 Å². The van der Waals surface area contributed by atoms with Crippen LogP contribution in [0, 0.1) is 0 Å². The zero-order valence-electron chi connectivity index (χ0n) is 10.1. The third-order valence-electron chi connectivity index (χ3n) is 3.16. The number of piperazine rings is 1. The van der Waals surface area contributed by atoms with Crippen LogP contribution in [0.2, 0.25) is 10.3 Å². The number of pyridine rings is 1. The highest BCUT2D eigenvalue weighted by Crippen LogP contribution is 2.20. The number of hydrogen-bond acceptors (Lipinski definition) is 3. The molecule has 1 aliphatic heterocycles. The van der Waals surface area contributed by atoms with E-state index in [0.29, 0.717) is 22.4 Å². The number of hydrogen-bond donors (Lipinski definition) is 1. The SMILES string of the molecule is CC1CN(Cc2ccc(Cl)nc2Cl)C(C)CN1. The number of rotatable bonds is 2. The fraction of sp³-hybridized carbons (Fsp3) is 0.583. The molecule has 2 atom stereocenters. The predicted octanol–water partition coefficient (Wildman–Crippen LogP) is 2.57. The molecule has 1 saturated heterocycles. The molecule has 2 heterocycles. The Kier molecular flexibility index (Phi) is 4.26. The molecule has 3 nitrogen and oxygen atoms in total. The first-order chi connectivity index (χ1) is 8.06. The normalized spacial score (nSPS) is 26.1. The number of nitrogens with one attached hydrogen (secondary N) is 1. The second-order valence-electron chi connectivity index (χ2n) is 4.67. The van der Waals surface area contributed by atoms with Crippen LogP contribution in [0.25, 0.3) is 0 Å². The summed E-state index contributed by atoms with van der Waals surface area (Å²) in [5, 5.41) is 4.41. The molecule has 0 radical (unpaired) electrons. The van der Waals surface area contributed by atoms with Crippen molar-refractivity contribution in [3.05, 3.63) is 28.0 Å². The Morgan fingerprint density at radius 3 is 2.88 bits per heavy atom. The highest BCUT2D eigenvalue weighted by Gasteiger charge is 2.22. The quantitative estimate of drug-likeness (QED) is 0.840. The minimum absolute atomic E-state index is 0.445. The topological polar surface area (TPSA) is 28.2 Å². The van der Waals surface area contributed by atoms with Gasteiger partial charge in [0.25, 0.3) is 0 Å². The van der Waals surface area contributed by atoms with Gasteiger partial charge in [-0.3, -0.25) is 4.90 Å². The average molecular weight is 274 g/mol. The van der Waals surface area contributed by atoms with E-state index in [4.69, 9.17) is 23.2 Å². The summed E-state index contributed by atoms with van der Waals surface area (Å²) in [6, 6.07) is 4.78. The maximum atomic E-state index is 6.10. The van der Waals surface area contributed by atoms with Gasteiger partial charge in [-0.2, -0.15) is 0 Å². The van der Waals surface area contributed by atoms with Crippen molar-refractivity contribution in [3.8, 4) is 0 Å². The Bertz CT molecular complexity index is 397. The summed E-state index contributed by atoms with van der Waals surface area (Å²) in [7, 11) is 0. The molecule has 94 valence electrons. The van der Waals surface area contributed by atoms with Crippen LogP contribution < -0.4 is 5.32 Å². The lowest BCUT2D eigenvalue weighted by atomic mass is 10.1. The fourth-order valence-electron chi connectivity index (χ4n) is 2.10. The first-order valence-electron chi connectivity index (χ1n) is 5.84. The standard InChI is InChI=1S/C12H17Cl2N3/c1-8-6-17(9(2)5-15-8)7-10-3-4-11(13)16-12(10)14/h3-4,8-9,15H,5-7H2,1-2H3. The third-order valence-corrected chi connectivity index (χ3v) is 3.70. The third kappa shape index (κ3) is 3.32. The molecule has 0 spiro atoms. The number of aromatic nitrogens is 1. The highest BCUT2D eigenvalue weighted by molar-refractivity contribution is 6.32. The molecule has 2 rings (SSSR count). The Hall–Kier alpha value is -0.350. The zero-order chi connectivity index (χ0) is 12.4. The van der Waals surface area contributed by atoms with Gasteiger partial charge in [0.15, 0.2) is 0 Å². The Morgan fingerprint density at radius 2 is 2.18 bits per heavy atom. The van der Waals surface area contributed by atoms with Crippen molar-refractivity contribution in [3.63, 3.8) is 0 Å². The molecule has 0 bridgehead atoms. The minimum Gasteiger partial charge on any atom is -0.311 e. The maximum absolute atomic E-state index is 6.10. The predicted molar refractivity (Wildman–Crippen MR) is 71.6 cm³/mol. The molecule has 0 saturated carbocycles. The van der Waals surface area contributed by atoms with E-state index in [1.165, 1.54) is 0 Å². The van der Waals surface area contributed by atoms with Crippen molar-refractivity contribution in [1.82, 2.24) is 15.2 Å². The van der Waals surface area contributed by atoms with Crippen molar-refractivity contribution < 1.29 is 0 Å². The van der Waals surface area contributed by atoms with Gasteiger partial charge in [-0.1, -0.05) is 29.3 Å². The van der Waals surface area contributed by atoms with Crippen LogP contribution in [0.4, 0.5) is 0 Å². The summed E-state index contributed by atoms with van der Waals surface area (Å²) in [5.41, 5.74) is 1.04. The van der Waals surface area contributed by atoms with Gasteiger partial charge in [0.1, 0.15) is 10.3 Å². The smallest absolute Gasteiger partial charge is 0.135 e. The van der Waals surface area contributed by atoms with Crippen LogP contribution in [0.3, 0.4) is 0 Å². The Balaban J connectivity index is 2.08. The lowest BCUT2D eigenvalue weighted by molar-refractivity contribution is 0.139. The highest BCUT2D eigenvalue weighted by atomic mass is 35.5. The molecule has 0 aromatic carbocycles. The van der Waals surface area contributed by atoms with Crippen LogP contribution in [0.1, 0.15) is 19.4 Å². The molecule has 17 heavy (non-hydrogen) atoms. The molecule has 5 heteroatoms. The lowest BCUT2D eigenvalue weighted by Gasteiger charge is -2.37. The van der Waals surface area contributed by atoms with Crippen LogP contribution >= 0.6 is 23.2 Å². The van der Waals surface area contributed by atoms with Gasteiger partial charge in [0, 0.05) is 37.3 Å². The van der Waals surface area contributed by atoms with Gasteiger partial charge in [0.2, 0.25) is 0 Å². The lowest BCUT2D eigenvalue weighted by Crippen LogP contribution is -2.53. The summed E-state index contributed by atoms with van der Waals surface area (Å²) in [5.74, 6) is 0. The second-order valence-corrected chi connectivity index (χ2v) is 5.42. The van der Waals surface area contributed by atoms with Crippen molar-refractivity contribution in [2.24, 2.45) is 0 Å². The number of nitrogens with zero attached hydrogens (tertiary/aromatic N) is 2. The Labute approximate surface area is 112 Å². The van der Waals surface area contributed by atoms with Crippen molar-refractivity contribution in [1.29, 1.82) is 0 Å². The molecule has 2 unspecified atom stereocenters. The summed E-state index contributed by atoms with van der Waals surface area (Å²) in [6.07, 6.45) is 0. The maximum Gasteiger partial charge on any atom is 0.135 e. The van der Waals surface area contributed by atoms with Crippen LogP contribution in [-0.2, 0) is 6.54 Å². The molecule has 1 fully saturated rings. The summed E-state index contributed by atoms with van der Waals surface area (Å²) in [4.78, 5) is 6.49. The molecule has 0 amide bonds. The van der Waals surface area contributed by atoms with Crippen LogP contribution in [0.15, 0.2) is 12.1 Å². The fourth-order valence-corrected chi connectivity index (χ4v) is 2.50. The molecule has 1 aliphatic rings. The molecule has 1 aromatic heterocycles. The largest absolute Gasteiger partial charge is 0.311 e. The van der Waals surface area contributed by atoms with Crippen molar-refractivity contribution >= 4 is 23.2 Å². The molecular formula is C12H17Cl2N3. The van der Waals surface area contributed by atoms with E-state index in [1.807, 2.05) is 6.07 Å². The molecule has 1 aromatic rings. The Morgan fingerprint density at radius 1 is 1.41 bits per heavy atom. The van der Waals surface area contributed by atoms with E-state index in [1.54, 1.807) is 6.07 Å². The van der Waals surface area contributed by atoms with E-state index < -0.39 is 0 Å². The van der Waals surface area contributed by atoms with E-state index in [9.17, 15) is 0 Å². The van der Waals surface area contributed by atoms with Gasteiger partial charge in [-0.25, -0.2) is 4.98 Å². The number of halogens is 2. The van der Waals surface area contributed by atoms with E-state index in [0.717, 1.165) is 25.2 Å². The first kappa shape index (κ1) is 13.1. The van der Waals surface area contributed by atoms with Gasteiger partial charge in [0.05, 0.1) is 0 Å². The molecule has 0 aliphatic carbocycles. The van der Waals surface area contributed by atoms with Gasteiger partial charge < -0.3 is 5.32 Å². The molecule has 1 N–H and O–H groups in total. The minimum atomic E-state index is 0.445. The average Bonchev–Trinajstić information content (AvgIpc) is 2.27. The molecular weight excluding hydrogens is 257 g/mol. The van der Waals surface area contributed by atoms with Gasteiger partial charge >= 0.3 is 0 Å². The van der Waals surface area contributed by atoms with E-state index >= 15 is 0 Å². The monoisotopic (exact) mass is 273 g/mol. The van der Waals surface area contributed by atoms with E-state index in [-0.39, 0.29) is 0 Å². The van der Waals surface area contributed by atoms with Gasteiger partial charge in [-0.15, -0.1) is 0 Å². The van der Waals surface area contributed by atoms with Crippen LogP contribution in [-0.4, -0.2) is 35.1 Å². The first-order valence-corrected chi connectivity index (χ1v) is 6.60. The summed E-state index contributed by atoms with van der Waals surface area (Å²) in [6.45, 7) is 7.28. The summed E-state index contributed by atoms with van der Waals surface area (Å²) < 4.78 is 0. The zero-order valence-corrected chi connectivity index (χ0v) is 11.6. The van der Waals surface area contributed by atoms with Crippen molar-refractivity contribution in [2.75, 3.05) is 13.1 Å². The second kappa shape index (κ2) is 5.53.